The maximum absolute atomic E-state index is 12.0. The summed E-state index contributed by atoms with van der Waals surface area (Å²) in [6, 6.07) is 5.16. The third-order valence-electron chi connectivity index (χ3n) is 2.93. The molecule has 2 aromatic rings. The molecule has 0 radical (unpaired) electrons. The summed E-state index contributed by atoms with van der Waals surface area (Å²) in [6.45, 7) is 0.144. The van der Waals surface area contributed by atoms with E-state index in [0.717, 1.165) is 10.9 Å². The molecule has 0 saturated heterocycles. The van der Waals surface area contributed by atoms with Crippen molar-refractivity contribution >= 4 is 22.8 Å². The molecule has 1 amide bonds. The van der Waals surface area contributed by atoms with Crippen LogP contribution in [0.1, 0.15) is 16.8 Å². The topological polar surface area (TPSA) is 104 Å². The second kappa shape index (κ2) is 6.16. The molecule has 1 atom stereocenters. The molecule has 7 nitrogen and oxygen atoms in total. The fourth-order valence-corrected chi connectivity index (χ4v) is 1.83. The van der Waals surface area contributed by atoms with Crippen molar-refractivity contribution < 1.29 is 19.4 Å². The summed E-state index contributed by atoms with van der Waals surface area (Å²) in [7, 11) is 1.41. The number of H-pyrrole nitrogens is 1. The number of aromatic nitrogens is 2. The minimum Gasteiger partial charge on any atom is -0.481 e. The van der Waals surface area contributed by atoms with Crippen LogP contribution in [0.3, 0.4) is 0 Å². The fourth-order valence-electron chi connectivity index (χ4n) is 1.83. The number of hydrogen-bond acceptors (Lipinski definition) is 4. The Labute approximate surface area is 114 Å². The molecule has 20 heavy (non-hydrogen) atoms. The molecule has 0 fully saturated rings. The van der Waals surface area contributed by atoms with Crippen molar-refractivity contribution in [2.24, 2.45) is 0 Å². The Bertz CT molecular complexity index is 623. The second-order valence-electron chi connectivity index (χ2n) is 4.34. The Morgan fingerprint density at radius 2 is 2.30 bits per heavy atom. The molecule has 0 aliphatic heterocycles. The molecule has 0 saturated carbocycles. The number of aromatic amines is 1. The first-order chi connectivity index (χ1) is 9.60. The number of benzene rings is 1. The normalized spacial score (nSPS) is 12.2. The number of methoxy groups -OCH3 is 1. The van der Waals surface area contributed by atoms with Crippen LogP contribution >= 0.6 is 0 Å². The van der Waals surface area contributed by atoms with E-state index in [0.29, 0.717) is 5.56 Å². The standard InChI is InChI=1S/C13H15N3O4/c1-20-10(5-12(17)18)7-14-13(19)8-2-3-11-9(4-8)6-15-16-11/h2-4,6,10H,5,7H2,1H3,(H,14,19)(H,15,16)(H,17,18). The van der Waals surface area contributed by atoms with Crippen molar-refractivity contribution in [3.8, 4) is 0 Å². The van der Waals surface area contributed by atoms with E-state index in [9.17, 15) is 9.59 Å². The van der Waals surface area contributed by atoms with Gasteiger partial charge in [-0.1, -0.05) is 0 Å². The van der Waals surface area contributed by atoms with Gasteiger partial charge in [0.1, 0.15) is 0 Å². The van der Waals surface area contributed by atoms with Crippen LogP contribution in [-0.2, 0) is 9.53 Å². The third kappa shape index (κ3) is 3.33. The highest BCUT2D eigenvalue weighted by Crippen LogP contribution is 2.12. The van der Waals surface area contributed by atoms with Gasteiger partial charge in [0.25, 0.3) is 5.91 Å². The zero-order valence-corrected chi connectivity index (χ0v) is 10.9. The average Bonchev–Trinajstić information content (AvgIpc) is 2.89. The maximum Gasteiger partial charge on any atom is 0.306 e. The minimum absolute atomic E-state index is 0.144. The van der Waals surface area contributed by atoms with Crippen molar-refractivity contribution in [3.63, 3.8) is 0 Å². The second-order valence-corrected chi connectivity index (χ2v) is 4.34. The molecule has 0 aliphatic rings. The SMILES string of the molecule is COC(CNC(=O)c1ccc2[nH]ncc2c1)CC(=O)O. The van der Waals surface area contributed by atoms with Gasteiger partial charge in [-0.05, 0) is 18.2 Å². The first kappa shape index (κ1) is 14.0. The van der Waals surface area contributed by atoms with Gasteiger partial charge in [-0.25, -0.2) is 0 Å². The Balaban J connectivity index is 1.98. The van der Waals surface area contributed by atoms with Crippen LogP contribution in [0.2, 0.25) is 0 Å². The number of carboxylic acids is 1. The van der Waals surface area contributed by atoms with Crippen LogP contribution in [0.5, 0.6) is 0 Å². The molecule has 106 valence electrons. The van der Waals surface area contributed by atoms with Crippen LogP contribution in [0, 0.1) is 0 Å². The zero-order chi connectivity index (χ0) is 14.5. The number of carbonyl (C=O) groups excluding carboxylic acids is 1. The van der Waals surface area contributed by atoms with E-state index in [2.05, 4.69) is 15.5 Å². The fraction of sp³-hybridized carbons (Fsp3) is 0.308. The van der Waals surface area contributed by atoms with E-state index in [1.54, 1.807) is 24.4 Å². The van der Waals surface area contributed by atoms with Gasteiger partial charge in [0.2, 0.25) is 0 Å². The smallest absolute Gasteiger partial charge is 0.306 e. The Morgan fingerprint density at radius 3 is 3.00 bits per heavy atom. The van der Waals surface area contributed by atoms with E-state index >= 15 is 0 Å². The predicted molar refractivity (Wildman–Crippen MR) is 71.5 cm³/mol. The number of rotatable bonds is 6. The maximum atomic E-state index is 12.0. The van der Waals surface area contributed by atoms with Crippen molar-refractivity contribution in [1.82, 2.24) is 15.5 Å². The largest absolute Gasteiger partial charge is 0.481 e. The number of nitrogens with one attached hydrogen (secondary N) is 2. The average molecular weight is 277 g/mol. The number of carboxylic acid groups (broad SMARTS) is 1. The molecule has 3 N–H and O–H groups in total. The molecule has 1 aromatic heterocycles. The lowest BCUT2D eigenvalue weighted by molar-refractivity contribution is -0.139. The molecule has 0 bridgehead atoms. The summed E-state index contributed by atoms with van der Waals surface area (Å²) in [6.07, 6.45) is 0.931. The van der Waals surface area contributed by atoms with Gasteiger partial charge < -0.3 is 15.2 Å². The summed E-state index contributed by atoms with van der Waals surface area (Å²) >= 11 is 0. The van der Waals surface area contributed by atoms with Crippen molar-refractivity contribution in [2.75, 3.05) is 13.7 Å². The molecule has 1 unspecified atom stereocenters. The van der Waals surface area contributed by atoms with Crippen LogP contribution in [0.4, 0.5) is 0 Å². The monoisotopic (exact) mass is 277 g/mol. The number of hydrogen-bond donors (Lipinski definition) is 3. The Hall–Kier alpha value is -2.41. The molecule has 7 heteroatoms. The van der Waals surface area contributed by atoms with E-state index in [1.165, 1.54) is 7.11 Å². The van der Waals surface area contributed by atoms with E-state index in [1.807, 2.05) is 0 Å². The molecule has 1 heterocycles. The van der Waals surface area contributed by atoms with Crippen LogP contribution < -0.4 is 5.32 Å². The highest BCUT2D eigenvalue weighted by molar-refractivity contribution is 5.97. The molecule has 0 aliphatic carbocycles. The van der Waals surface area contributed by atoms with Gasteiger partial charge in [0.05, 0.1) is 24.2 Å². The number of ether oxygens (including phenoxy) is 1. The van der Waals surface area contributed by atoms with Gasteiger partial charge in [-0.15, -0.1) is 0 Å². The van der Waals surface area contributed by atoms with Crippen molar-refractivity contribution in [1.29, 1.82) is 0 Å². The highest BCUT2D eigenvalue weighted by Gasteiger charge is 2.14. The third-order valence-corrected chi connectivity index (χ3v) is 2.93. The molecule has 2 rings (SSSR count). The Kier molecular flexibility index (Phi) is 4.31. The molecular weight excluding hydrogens is 262 g/mol. The quantitative estimate of drug-likeness (QED) is 0.724. The van der Waals surface area contributed by atoms with E-state index in [4.69, 9.17) is 9.84 Å². The lowest BCUT2D eigenvalue weighted by Crippen LogP contribution is -2.34. The van der Waals surface area contributed by atoms with Crippen LogP contribution in [0.25, 0.3) is 10.9 Å². The van der Waals surface area contributed by atoms with Gasteiger partial charge in [0.15, 0.2) is 0 Å². The number of carbonyl (C=O) groups is 2. The molecule has 0 spiro atoms. The molecule has 1 aromatic carbocycles. The summed E-state index contributed by atoms with van der Waals surface area (Å²) in [5, 5.41) is 18.9. The van der Waals surface area contributed by atoms with Crippen LogP contribution in [-0.4, -0.2) is 46.9 Å². The van der Waals surface area contributed by atoms with Crippen molar-refractivity contribution in [2.45, 2.75) is 12.5 Å². The van der Waals surface area contributed by atoms with Crippen molar-refractivity contribution in [3.05, 3.63) is 30.0 Å². The number of nitrogens with zero attached hydrogens (tertiary/aromatic N) is 1. The number of aliphatic carboxylic acids is 1. The lowest BCUT2D eigenvalue weighted by atomic mass is 10.1. The number of amides is 1. The zero-order valence-electron chi connectivity index (χ0n) is 10.9. The van der Waals surface area contributed by atoms with Gasteiger partial charge in [-0.2, -0.15) is 5.10 Å². The summed E-state index contributed by atoms with van der Waals surface area (Å²) in [4.78, 5) is 22.6. The molecular formula is C13H15N3O4. The highest BCUT2D eigenvalue weighted by atomic mass is 16.5. The van der Waals surface area contributed by atoms with Gasteiger partial charge in [-0.3, -0.25) is 14.7 Å². The van der Waals surface area contributed by atoms with E-state index < -0.39 is 12.1 Å². The summed E-state index contributed by atoms with van der Waals surface area (Å²) < 4.78 is 4.99. The van der Waals surface area contributed by atoms with E-state index in [-0.39, 0.29) is 18.9 Å². The predicted octanol–water partition coefficient (Wildman–Crippen LogP) is 0.782. The van der Waals surface area contributed by atoms with Gasteiger partial charge >= 0.3 is 5.97 Å². The first-order valence-corrected chi connectivity index (χ1v) is 6.06. The summed E-state index contributed by atoms with van der Waals surface area (Å²) in [5.41, 5.74) is 1.34. The Morgan fingerprint density at radius 1 is 1.50 bits per heavy atom. The van der Waals surface area contributed by atoms with Crippen LogP contribution in [0.15, 0.2) is 24.4 Å². The summed E-state index contributed by atoms with van der Waals surface area (Å²) in [5.74, 6) is -1.24. The lowest BCUT2D eigenvalue weighted by Gasteiger charge is -2.13. The van der Waals surface area contributed by atoms with Gasteiger partial charge in [0, 0.05) is 24.6 Å². The minimum atomic E-state index is -0.967. The first-order valence-electron chi connectivity index (χ1n) is 6.06. The number of fused-ring (bicyclic) bond motifs is 1.